The van der Waals surface area contributed by atoms with Gasteiger partial charge in [-0.3, -0.25) is 14.0 Å². The molecule has 1 aromatic carbocycles. The molecule has 0 bridgehead atoms. The number of carbonyl (C=O) groups excluding carboxylic acids is 1. The summed E-state index contributed by atoms with van der Waals surface area (Å²) in [5.74, 6) is 0.923. The number of rotatable bonds is 5. The summed E-state index contributed by atoms with van der Waals surface area (Å²) in [6.07, 6.45) is 1.86. The van der Waals surface area contributed by atoms with E-state index >= 15 is 0 Å². The van der Waals surface area contributed by atoms with E-state index in [2.05, 4.69) is 20.4 Å². The van der Waals surface area contributed by atoms with E-state index in [1.54, 1.807) is 12.1 Å². The minimum atomic E-state index is -0.488. The predicted molar refractivity (Wildman–Crippen MR) is 114 cm³/mol. The molecule has 0 saturated heterocycles. The van der Waals surface area contributed by atoms with Crippen LogP contribution in [0.15, 0.2) is 39.8 Å². The number of fused-ring (bicyclic) bond motifs is 1. The second kappa shape index (κ2) is 7.83. The molecule has 0 fully saturated rings. The zero-order chi connectivity index (χ0) is 21.4. The maximum Gasteiger partial charge on any atom is 0.271 e. The normalized spacial score (nSPS) is 11.4. The Hall–Kier alpha value is -3.33. The first kappa shape index (κ1) is 20.0. The number of benzene rings is 1. The molecule has 9 heteroatoms. The molecule has 8 nitrogen and oxygen atoms in total. The Morgan fingerprint density at radius 3 is 2.63 bits per heavy atom. The van der Waals surface area contributed by atoms with Crippen LogP contribution < -0.4 is 10.9 Å². The lowest BCUT2D eigenvalue weighted by Crippen LogP contribution is -2.26. The number of nitrogens with one attached hydrogen (secondary N) is 1. The van der Waals surface area contributed by atoms with Gasteiger partial charge in [0, 0.05) is 34.8 Å². The third-order valence-corrected chi connectivity index (χ3v) is 5.89. The summed E-state index contributed by atoms with van der Waals surface area (Å²) < 4.78 is 6.70. The van der Waals surface area contributed by atoms with Gasteiger partial charge in [0.2, 0.25) is 5.89 Å². The van der Waals surface area contributed by atoms with Crippen LogP contribution in [0.1, 0.15) is 58.0 Å². The zero-order valence-corrected chi connectivity index (χ0v) is 17.9. The van der Waals surface area contributed by atoms with Gasteiger partial charge in [-0.05, 0) is 31.5 Å². The van der Waals surface area contributed by atoms with E-state index in [-0.39, 0.29) is 17.0 Å². The van der Waals surface area contributed by atoms with Crippen LogP contribution in [0, 0.1) is 13.8 Å². The fraction of sp³-hybridized carbons (Fsp3) is 0.286. The van der Waals surface area contributed by atoms with Crippen molar-refractivity contribution in [3.8, 4) is 0 Å². The highest BCUT2D eigenvalue weighted by atomic mass is 32.1. The Bertz CT molecular complexity index is 1280. The molecule has 0 saturated carbocycles. The molecule has 154 valence electrons. The summed E-state index contributed by atoms with van der Waals surface area (Å²) in [5.41, 5.74) is 2.01. The molecule has 30 heavy (non-hydrogen) atoms. The van der Waals surface area contributed by atoms with Crippen molar-refractivity contribution in [3.05, 3.63) is 74.2 Å². The number of aromatic nitrogens is 4. The highest BCUT2D eigenvalue weighted by Crippen LogP contribution is 2.19. The predicted octanol–water partition coefficient (Wildman–Crippen LogP) is 3.72. The van der Waals surface area contributed by atoms with Gasteiger partial charge in [0.1, 0.15) is 5.56 Å². The van der Waals surface area contributed by atoms with Crippen molar-refractivity contribution in [1.82, 2.24) is 19.5 Å². The van der Waals surface area contributed by atoms with Crippen molar-refractivity contribution in [3.63, 3.8) is 0 Å². The van der Waals surface area contributed by atoms with Gasteiger partial charge in [0.05, 0.1) is 0 Å². The van der Waals surface area contributed by atoms with E-state index in [1.165, 1.54) is 21.9 Å². The van der Waals surface area contributed by atoms with Crippen LogP contribution in [-0.2, 0) is 6.42 Å². The lowest BCUT2D eigenvalue weighted by molar-refractivity contribution is 0.102. The monoisotopic (exact) mass is 423 g/mol. The minimum Gasteiger partial charge on any atom is -0.339 e. The van der Waals surface area contributed by atoms with Gasteiger partial charge >= 0.3 is 0 Å². The summed E-state index contributed by atoms with van der Waals surface area (Å²) in [7, 11) is 0. The van der Waals surface area contributed by atoms with Gasteiger partial charge in [0.15, 0.2) is 10.8 Å². The van der Waals surface area contributed by atoms with E-state index in [4.69, 9.17) is 4.52 Å². The van der Waals surface area contributed by atoms with Gasteiger partial charge in [-0.25, -0.2) is 4.98 Å². The van der Waals surface area contributed by atoms with E-state index in [1.807, 2.05) is 39.8 Å². The van der Waals surface area contributed by atoms with Crippen LogP contribution >= 0.6 is 11.3 Å². The molecule has 0 aliphatic heterocycles. The number of carbonyl (C=O) groups is 1. The average Bonchev–Trinajstić information content (AvgIpc) is 3.29. The summed E-state index contributed by atoms with van der Waals surface area (Å²) >= 11 is 1.43. The zero-order valence-electron chi connectivity index (χ0n) is 17.1. The molecule has 1 N–H and O–H groups in total. The van der Waals surface area contributed by atoms with Crippen molar-refractivity contribution >= 4 is 27.9 Å². The number of anilines is 1. The van der Waals surface area contributed by atoms with Gasteiger partial charge in [0.25, 0.3) is 11.5 Å². The van der Waals surface area contributed by atoms with E-state index in [0.717, 1.165) is 16.1 Å². The molecule has 4 rings (SSSR count). The second-order valence-corrected chi connectivity index (χ2v) is 8.55. The van der Waals surface area contributed by atoms with Crippen LogP contribution in [0.3, 0.4) is 0 Å². The number of thiazole rings is 1. The molecule has 0 radical (unpaired) electrons. The van der Waals surface area contributed by atoms with E-state index < -0.39 is 5.91 Å². The smallest absolute Gasteiger partial charge is 0.271 e. The quantitative estimate of drug-likeness (QED) is 0.525. The maximum absolute atomic E-state index is 12.7. The van der Waals surface area contributed by atoms with Gasteiger partial charge < -0.3 is 9.84 Å². The van der Waals surface area contributed by atoms with Crippen LogP contribution in [0.25, 0.3) is 4.96 Å². The highest BCUT2D eigenvalue weighted by Gasteiger charge is 2.17. The third-order valence-electron chi connectivity index (χ3n) is 4.81. The van der Waals surface area contributed by atoms with Gasteiger partial charge in [-0.15, -0.1) is 11.3 Å². The van der Waals surface area contributed by atoms with E-state index in [9.17, 15) is 9.59 Å². The first-order valence-electron chi connectivity index (χ1n) is 9.54. The fourth-order valence-corrected chi connectivity index (χ4v) is 3.92. The van der Waals surface area contributed by atoms with Gasteiger partial charge in [-0.1, -0.05) is 31.1 Å². The molecule has 3 heterocycles. The molecule has 1 amide bonds. The first-order chi connectivity index (χ1) is 14.3. The second-order valence-electron chi connectivity index (χ2n) is 7.37. The number of aryl methyl sites for hydroxylation is 2. The molecule has 3 aromatic heterocycles. The van der Waals surface area contributed by atoms with Crippen molar-refractivity contribution in [2.45, 2.75) is 40.0 Å². The number of hydrogen-bond acceptors (Lipinski definition) is 7. The minimum absolute atomic E-state index is 0.00508. The SMILES string of the molecule is Cc1sc2ncc(C(=O)Nc3ccc(Cc4noc(C(C)C)n4)cc3)c(=O)n2c1C. The molecular weight excluding hydrogens is 402 g/mol. The Kier molecular flexibility index (Phi) is 5.21. The third kappa shape index (κ3) is 3.76. The largest absolute Gasteiger partial charge is 0.339 e. The Balaban J connectivity index is 1.50. The summed E-state index contributed by atoms with van der Waals surface area (Å²) in [6, 6.07) is 7.31. The Morgan fingerprint density at radius 2 is 1.97 bits per heavy atom. The highest BCUT2D eigenvalue weighted by molar-refractivity contribution is 7.17. The number of hydrogen-bond donors (Lipinski definition) is 1. The molecular formula is C21H21N5O3S. The van der Waals surface area contributed by atoms with Crippen LogP contribution in [0.5, 0.6) is 0 Å². The van der Waals surface area contributed by atoms with E-state index in [0.29, 0.717) is 28.8 Å². The summed E-state index contributed by atoms with van der Waals surface area (Å²) in [5, 5.41) is 6.75. The Morgan fingerprint density at radius 1 is 1.23 bits per heavy atom. The van der Waals surface area contributed by atoms with Crippen molar-refractivity contribution in [2.24, 2.45) is 0 Å². The average molecular weight is 423 g/mol. The van der Waals surface area contributed by atoms with Crippen LogP contribution in [0.2, 0.25) is 0 Å². The van der Waals surface area contributed by atoms with Crippen molar-refractivity contribution in [2.75, 3.05) is 5.32 Å². The molecule has 0 unspecified atom stereocenters. The maximum atomic E-state index is 12.7. The summed E-state index contributed by atoms with van der Waals surface area (Å²) in [4.78, 5) is 35.6. The lowest BCUT2D eigenvalue weighted by Gasteiger charge is -2.06. The molecule has 4 aromatic rings. The topological polar surface area (TPSA) is 102 Å². The lowest BCUT2D eigenvalue weighted by atomic mass is 10.1. The van der Waals surface area contributed by atoms with Crippen molar-refractivity contribution < 1.29 is 9.32 Å². The number of nitrogens with zero attached hydrogens (tertiary/aromatic N) is 4. The molecule has 0 aliphatic rings. The Labute approximate surface area is 176 Å². The fourth-order valence-electron chi connectivity index (χ4n) is 2.99. The van der Waals surface area contributed by atoms with Gasteiger partial charge in [-0.2, -0.15) is 4.98 Å². The number of amides is 1. The summed E-state index contributed by atoms with van der Waals surface area (Å²) in [6.45, 7) is 7.76. The molecule has 0 atom stereocenters. The first-order valence-corrected chi connectivity index (χ1v) is 10.4. The van der Waals surface area contributed by atoms with Crippen LogP contribution in [0.4, 0.5) is 5.69 Å². The molecule has 0 spiro atoms. The molecule has 0 aliphatic carbocycles. The van der Waals surface area contributed by atoms with Crippen LogP contribution in [-0.4, -0.2) is 25.4 Å². The van der Waals surface area contributed by atoms with Crippen molar-refractivity contribution in [1.29, 1.82) is 0 Å². The standard InChI is InChI=1S/C21H21N5O3S/c1-11(2)19-24-17(25-29-19)9-14-5-7-15(8-6-14)23-18(27)16-10-22-21-26(20(16)28)12(3)13(4)30-21/h5-8,10-11H,9H2,1-4H3,(H,23,27).